The fraction of sp³-hybridized carbons (Fsp3) is 0.136. The number of nitrogens with zero attached hydrogens (tertiary/aromatic N) is 1. The normalized spacial score (nSPS) is 12.4. The molecule has 0 saturated heterocycles. The molecule has 2 heterocycles. The fourth-order valence-electron chi connectivity index (χ4n) is 3.36. The summed E-state index contributed by atoms with van der Waals surface area (Å²) in [6.45, 7) is 1.94. The number of aromatic amines is 1. The molecule has 0 aliphatic heterocycles. The maximum Gasteiger partial charge on any atom is 0.257 e. The fourth-order valence-corrected chi connectivity index (χ4v) is 3.36. The van der Waals surface area contributed by atoms with Crippen molar-refractivity contribution in [1.29, 1.82) is 0 Å². The molecule has 27 heavy (non-hydrogen) atoms. The van der Waals surface area contributed by atoms with Crippen molar-refractivity contribution in [1.82, 2.24) is 9.97 Å². The number of pyridine rings is 2. The molecule has 0 bridgehead atoms. The highest BCUT2D eigenvalue weighted by atomic mass is 19.1. The summed E-state index contributed by atoms with van der Waals surface area (Å²) >= 11 is 0. The van der Waals surface area contributed by atoms with Crippen LogP contribution >= 0.6 is 0 Å². The standard InChI is InChI=1S/C22H17FN2O2/c1-13(14-2-5-16(23)6-3-14)10-21(26)15-4-7-18-17-8-9-24-12-19(17)22(27)25-20(18)11-15/h2-9,11-13H,10H2,1H3,(H,25,27)/t13-/m0/s1. The Morgan fingerprint density at radius 2 is 1.85 bits per heavy atom. The van der Waals surface area contributed by atoms with Gasteiger partial charge in [0.05, 0.1) is 5.39 Å². The SMILES string of the molecule is C[C@@H](CC(=O)c1ccc2c(c1)[nH]c(=O)c1cnccc12)c1ccc(F)cc1. The minimum Gasteiger partial charge on any atom is -0.321 e. The van der Waals surface area contributed by atoms with Gasteiger partial charge in [0.1, 0.15) is 5.82 Å². The molecule has 0 radical (unpaired) electrons. The van der Waals surface area contributed by atoms with Gasteiger partial charge in [-0.05, 0) is 41.1 Å². The zero-order chi connectivity index (χ0) is 19.0. The summed E-state index contributed by atoms with van der Waals surface area (Å²) in [5.41, 5.74) is 1.85. The number of halogens is 1. The summed E-state index contributed by atoms with van der Waals surface area (Å²) in [7, 11) is 0. The molecule has 1 atom stereocenters. The van der Waals surface area contributed by atoms with Gasteiger partial charge in [-0.1, -0.05) is 31.2 Å². The summed E-state index contributed by atoms with van der Waals surface area (Å²) in [6, 6.07) is 13.3. The Morgan fingerprint density at radius 3 is 2.63 bits per heavy atom. The first kappa shape index (κ1) is 17.1. The number of hydrogen-bond acceptors (Lipinski definition) is 3. The number of carbonyl (C=O) groups is 1. The van der Waals surface area contributed by atoms with Gasteiger partial charge in [-0.25, -0.2) is 4.39 Å². The van der Waals surface area contributed by atoms with Crippen LogP contribution in [0.4, 0.5) is 4.39 Å². The van der Waals surface area contributed by atoms with Crippen molar-refractivity contribution < 1.29 is 9.18 Å². The number of aromatic nitrogens is 2. The molecule has 5 heteroatoms. The number of H-pyrrole nitrogens is 1. The second-order valence-corrected chi connectivity index (χ2v) is 6.72. The predicted molar refractivity (Wildman–Crippen MR) is 104 cm³/mol. The quantitative estimate of drug-likeness (QED) is 0.428. The Bertz CT molecular complexity index is 1210. The molecular formula is C22H17FN2O2. The van der Waals surface area contributed by atoms with Gasteiger partial charge in [0.25, 0.3) is 5.56 Å². The van der Waals surface area contributed by atoms with E-state index >= 15 is 0 Å². The molecule has 2 aromatic heterocycles. The van der Waals surface area contributed by atoms with E-state index in [0.29, 0.717) is 22.9 Å². The summed E-state index contributed by atoms with van der Waals surface area (Å²) < 4.78 is 13.1. The van der Waals surface area contributed by atoms with E-state index in [9.17, 15) is 14.0 Å². The van der Waals surface area contributed by atoms with E-state index in [1.54, 1.807) is 36.5 Å². The number of fused-ring (bicyclic) bond motifs is 3. The average Bonchev–Trinajstić information content (AvgIpc) is 2.68. The van der Waals surface area contributed by atoms with Crippen molar-refractivity contribution in [2.75, 3.05) is 0 Å². The zero-order valence-electron chi connectivity index (χ0n) is 14.7. The van der Waals surface area contributed by atoms with Crippen LogP contribution in [0.1, 0.15) is 35.2 Å². The van der Waals surface area contributed by atoms with Gasteiger partial charge in [0.15, 0.2) is 5.78 Å². The number of benzene rings is 2. The van der Waals surface area contributed by atoms with Crippen LogP contribution in [0, 0.1) is 5.82 Å². The minimum absolute atomic E-state index is 0.0237. The van der Waals surface area contributed by atoms with Crippen LogP contribution < -0.4 is 5.56 Å². The first-order valence-electron chi connectivity index (χ1n) is 8.71. The number of rotatable bonds is 4. The van der Waals surface area contributed by atoms with Crippen LogP contribution in [-0.2, 0) is 0 Å². The predicted octanol–water partition coefficient (Wildman–Crippen LogP) is 4.59. The van der Waals surface area contributed by atoms with E-state index in [0.717, 1.165) is 16.3 Å². The van der Waals surface area contributed by atoms with Crippen LogP contribution in [0.25, 0.3) is 21.7 Å². The number of Topliss-reactive ketones (excluding diaryl/α,β-unsaturated/α-hetero) is 1. The summed E-state index contributed by atoms with van der Waals surface area (Å²) in [6.07, 6.45) is 3.49. The third-order valence-corrected chi connectivity index (χ3v) is 4.88. The third-order valence-electron chi connectivity index (χ3n) is 4.88. The van der Waals surface area contributed by atoms with Crippen LogP contribution in [-0.4, -0.2) is 15.8 Å². The Balaban J connectivity index is 1.67. The Morgan fingerprint density at radius 1 is 1.07 bits per heavy atom. The van der Waals surface area contributed by atoms with E-state index in [1.165, 1.54) is 18.3 Å². The number of hydrogen-bond donors (Lipinski definition) is 1. The molecular weight excluding hydrogens is 343 g/mol. The van der Waals surface area contributed by atoms with Crippen molar-refractivity contribution in [2.45, 2.75) is 19.3 Å². The zero-order valence-corrected chi connectivity index (χ0v) is 14.7. The van der Waals surface area contributed by atoms with Crippen molar-refractivity contribution in [3.05, 3.63) is 88.2 Å². The average molecular weight is 360 g/mol. The van der Waals surface area contributed by atoms with Gasteiger partial charge in [-0.15, -0.1) is 0 Å². The van der Waals surface area contributed by atoms with Crippen LogP contribution in [0.15, 0.2) is 65.7 Å². The van der Waals surface area contributed by atoms with E-state index in [2.05, 4.69) is 9.97 Å². The largest absolute Gasteiger partial charge is 0.321 e. The monoisotopic (exact) mass is 360 g/mol. The molecule has 0 spiro atoms. The molecule has 0 fully saturated rings. The van der Waals surface area contributed by atoms with Crippen LogP contribution in [0.2, 0.25) is 0 Å². The minimum atomic E-state index is -0.293. The molecule has 0 aliphatic rings. The summed E-state index contributed by atoms with van der Waals surface area (Å²) in [5, 5.41) is 2.20. The van der Waals surface area contributed by atoms with Crippen molar-refractivity contribution >= 4 is 27.5 Å². The smallest absolute Gasteiger partial charge is 0.257 e. The highest BCUT2D eigenvalue weighted by molar-refractivity contribution is 6.07. The molecule has 4 aromatic rings. The molecule has 0 amide bonds. The maximum absolute atomic E-state index is 13.1. The topological polar surface area (TPSA) is 62.8 Å². The molecule has 0 saturated carbocycles. The van der Waals surface area contributed by atoms with E-state index in [1.807, 2.05) is 13.0 Å². The van der Waals surface area contributed by atoms with Gasteiger partial charge in [0, 0.05) is 35.3 Å². The third kappa shape index (κ3) is 3.24. The molecule has 2 aromatic carbocycles. The van der Waals surface area contributed by atoms with E-state index in [4.69, 9.17) is 0 Å². The number of ketones is 1. The lowest BCUT2D eigenvalue weighted by molar-refractivity contribution is 0.0976. The first-order chi connectivity index (χ1) is 13.0. The molecule has 0 aliphatic carbocycles. The maximum atomic E-state index is 13.1. The Labute approximate surface area is 154 Å². The summed E-state index contributed by atoms with van der Waals surface area (Å²) in [4.78, 5) is 31.8. The lowest BCUT2D eigenvalue weighted by Gasteiger charge is -2.12. The number of nitrogens with one attached hydrogen (secondary N) is 1. The van der Waals surface area contributed by atoms with Gasteiger partial charge < -0.3 is 4.98 Å². The Hall–Kier alpha value is -3.34. The van der Waals surface area contributed by atoms with Crippen molar-refractivity contribution in [2.24, 2.45) is 0 Å². The first-order valence-corrected chi connectivity index (χ1v) is 8.71. The van der Waals surface area contributed by atoms with Crippen LogP contribution in [0.5, 0.6) is 0 Å². The molecule has 134 valence electrons. The lowest BCUT2D eigenvalue weighted by atomic mass is 9.92. The van der Waals surface area contributed by atoms with Gasteiger partial charge in [-0.2, -0.15) is 0 Å². The highest BCUT2D eigenvalue weighted by Gasteiger charge is 2.15. The van der Waals surface area contributed by atoms with Crippen molar-refractivity contribution in [3.63, 3.8) is 0 Å². The molecule has 0 unspecified atom stereocenters. The van der Waals surface area contributed by atoms with Gasteiger partial charge in [0.2, 0.25) is 0 Å². The van der Waals surface area contributed by atoms with Gasteiger partial charge >= 0.3 is 0 Å². The van der Waals surface area contributed by atoms with Crippen LogP contribution in [0.3, 0.4) is 0 Å². The number of carbonyl (C=O) groups excluding carboxylic acids is 1. The second-order valence-electron chi connectivity index (χ2n) is 6.72. The van der Waals surface area contributed by atoms with E-state index in [-0.39, 0.29) is 23.1 Å². The molecule has 4 nitrogen and oxygen atoms in total. The molecule has 1 N–H and O–H groups in total. The highest BCUT2D eigenvalue weighted by Crippen LogP contribution is 2.25. The second kappa shape index (κ2) is 6.76. The van der Waals surface area contributed by atoms with Crippen molar-refractivity contribution in [3.8, 4) is 0 Å². The molecule has 4 rings (SSSR count). The van der Waals surface area contributed by atoms with E-state index < -0.39 is 0 Å². The van der Waals surface area contributed by atoms with Gasteiger partial charge in [-0.3, -0.25) is 14.6 Å². The summed E-state index contributed by atoms with van der Waals surface area (Å²) in [5.74, 6) is -0.349. The lowest BCUT2D eigenvalue weighted by Crippen LogP contribution is -2.08. The Kier molecular flexibility index (Phi) is 4.28.